The van der Waals surface area contributed by atoms with Gasteiger partial charge in [0.1, 0.15) is 6.10 Å². The normalized spacial score (nSPS) is 40.7. The third-order valence-electron chi connectivity index (χ3n) is 9.35. The number of quaternary nitrogens is 2. The summed E-state index contributed by atoms with van der Waals surface area (Å²) in [6.07, 6.45) is 0.756. The van der Waals surface area contributed by atoms with Crippen molar-refractivity contribution in [1.29, 1.82) is 0 Å². The molecule has 0 aromatic rings. The Kier molecular flexibility index (Phi) is 7.23. The number of carboxylic acid groups (broad SMARTS) is 1. The molecule has 8 heteroatoms. The summed E-state index contributed by atoms with van der Waals surface area (Å²) in [7, 11) is 3.33. The highest BCUT2D eigenvalue weighted by atomic mass is 16.6. The number of likely N-dealkylation sites (tertiary alicyclic amines) is 2. The van der Waals surface area contributed by atoms with Crippen LogP contribution in [0.4, 0.5) is 0 Å². The Balaban J connectivity index is 2.24. The van der Waals surface area contributed by atoms with Gasteiger partial charge in [-0.15, -0.1) is 0 Å². The summed E-state index contributed by atoms with van der Waals surface area (Å²) >= 11 is 0. The van der Waals surface area contributed by atoms with Gasteiger partial charge in [0.25, 0.3) is 0 Å². The SMILES string of the molecule is CC1C(OC(=O)C(CCC(=O)O)C2CC[N+](C)([O-])C(C)(C)C2C)CC[N+](C)([O-])C1(C)C. The van der Waals surface area contributed by atoms with Gasteiger partial charge >= 0.3 is 11.9 Å². The van der Waals surface area contributed by atoms with Gasteiger partial charge in [0.2, 0.25) is 0 Å². The van der Waals surface area contributed by atoms with Gasteiger partial charge in [0.05, 0.1) is 44.2 Å². The highest BCUT2D eigenvalue weighted by Gasteiger charge is 2.52. The van der Waals surface area contributed by atoms with Gasteiger partial charge in [-0.25, -0.2) is 0 Å². The summed E-state index contributed by atoms with van der Waals surface area (Å²) in [5.74, 6) is -2.22. The highest BCUT2D eigenvalue weighted by Crippen LogP contribution is 2.46. The molecule has 0 bridgehead atoms. The van der Waals surface area contributed by atoms with Crippen LogP contribution in [-0.2, 0) is 14.3 Å². The smallest absolute Gasteiger partial charge is 0.309 e. The van der Waals surface area contributed by atoms with Gasteiger partial charge < -0.3 is 29.6 Å². The number of aliphatic carboxylic acids is 1. The lowest BCUT2D eigenvalue weighted by Crippen LogP contribution is -2.65. The first kappa shape index (κ1) is 26.0. The molecule has 2 saturated heterocycles. The van der Waals surface area contributed by atoms with Crippen LogP contribution in [0.15, 0.2) is 0 Å². The van der Waals surface area contributed by atoms with Crippen LogP contribution in [-0.4, -0.2) is 70.7 Å². The van der Waals surface area contributed by atoms with E-state index in [1.54, 1.807) is 14.1 Å². The van der Waals surface area contributed by atoms with E-state index >= 15 is 0 Å². The Morgan fingerprint density at radius 1 is 1.00 bits per heavy atom. The van der Waals surface area contributed by atoms with Crippen molar-refractivity contribution in [3.05, 3.63) is 10.4 Å². The van der Waals surface area contributed by atoms with Crippen LogP contribution in [0.5, 0.6) is 0 Å². The van der Waals surface area contributed by atoms with Crippen LogP contribution in [0.1, 0.15) is 67.2 Å². The van der Waals surface area contributed by atoms with Crippen molar-refractivity contribution in [2.24, 2.45) is 23.7 Å². The lowest BCUT2D eigenvalue weighted by atomic mass is 9.67. The number of rotatable bonds is 6. The zero-order valence-electron chi connectivity index (χ0n) is 20.5. The number of carbonyl (C=O) groups excluding carboxylic acids is 1. The van der Waals surface area contributed by atoms with Crippen molar-refractivity contribution in [3.8, 4) is 0 Å². The summed E-state index contributed by atoms with van der Waals surface area (Å²) in [5, 5.41) is 35.1. The van der Waals surface area contributed by atoms with Crippen molar-refractivity contribution in [2.45, 2.75) is 84.4 Å². The number of carboxylic acids is 1. The standard InChI is InChI=1S/C23H42N2O6/c1-15-17(11-13-24(7,29)22(15,3)4)18(9-10-20(26)27)21(28)31-19-12-14-25(8,30)23(5,6)16(19)2/h15-19H,9-14H2,1-8H3,(H,26,27). The van der Waals surface area contributed by atoms with Gasteiger partial charge in [0, 0.05) is 31.1 Å². The first-order valence-electron chi connectivity index (χ1n) is 11.5. The van der Waals surface area contributed by atoms with E-state index in [1.165, 1.54) is 0 Å². The maximum absolute atomic E-state index is 13.4. The number of hydroxylamine groups is 6. The Morgan fingerprint density at radius 3 is 2.00 bits per heavy atom. The summed E-state index contributed by atoms with van der Waals surface area (Å²) in [6, 6.07) is 0. The number of hydrogen-bond acceptors (Lipinski definition) is 5. The number of nitrogens with zero attached hydrogens (tertiary/aromatic N) is 2. The van der Waals surface area contributed by atoms with Crippen LogP contribution in [0.3, 0.4) is 0 Å². The molecule has 7 atom stereocenters. The molecule has 180 valence electrons. The molecular weight excluding hydrogens is 400 g/mol. The van der Waals surface area contributed by atoms with E-state index in [0.717, 1.165) is 0 Å². The molecule has 0 spiro atoms. The molecule has 0 radical (unpaired) electrons. The second-order valence-corrected chi connectivity index (χ2v) is 11.3. The Bertz CT molecular complexity index is 688. The van der Waals surface area contributed by atoms with Gasteiger partial charge in [-0.1, -0.05) is 13.8 Å². The number of piperidine rings is 2. The summed E-state index contributed by atoms with van der Waals surface area (Å²) in [4.78, 5) is 24.7. The maximum atomic E-state index is 13.4. The van der Waals surface area contributed by atoms with Crippen molar-refractivity contribution in [3.63, 3.8) is 0 Å². The minimum absolute atomic E-state index is 0.0723. The monoisotopic (exact) mass is 442 g/mol. The molecule has 0 saturated carbocycles. The molecule has 7 unspecified atom stereocenters. The van der Waals surface area contributed by atoms with E-state index in [9.17, 15) is 25.1 Å². The van der Waals surface area contributed by atoms with Crippen molar-refractivity contribution in [1.82, 2.24) is 0 Å². The third-order valence-corrected chi connectivity index (χ3v) is 9.35. The molecule has 0 aromatic heterocycles. The number of ether oxygens (including phenoxy) is 1. The summed E-state index contributed by atoms with van der Waals surface area (Å²) < 4.78 is 5.23. The van der Waals surface area contributed by atoms with Gasteiger partial charge in [-0.05, 0) is 40.0 Å². The average Bonchev–Trinajstić information content (AvgIpc) is 2.63. The topological polar surface area (TPSA) is 110 Å². The van der Waals surface area contributed by atoms with Gasteiger partial charge in [0.15, 0.2) is 0 Å². The molecule has 31 heavy (non-hydrogen) atoms. The molecule has 2 aliphatic rings. The molecule has 2 aliphatic heterocycles. The van der Waals surface area contributed by atoms with E-state index in [4.69, 9.17) is 4.74 Å². The van der Waals surface area contributed by atoms with Crippen LogP contribution in [0, 0.1) is 34.1 Å². The van der Waals surface area contributed by atoms with Crippen molar-refractivity contribution < 1.29 is 28.7 Å². The molecule has 0 aliphatic carbocycles. The fraction of sp³-hybridized carbons (Fsp3) is 0.913. The lowest BCUT2D eigenvalue weighted by molar-refractivity contribution is -0.922. The Hall–Kier alpha value is -1.22. The maximum Gasteiger partial charge on any atom is 0.309 e. The predicted octanol–water partition coefficient (Wildman–Crippen LogP) is 3.52. The molecule has 0 amide bonds. The van der Waals surface area contributed by atoms with E-state index in [2.05, 4.69) is 0 Å². The first-order chi connectivity index (χ1) is 14.0. The van der Waals surface area contributed by atoms with Crippen LogP contribution in [0.2, 0.25) is 0 Å². The van der Waals surface area contributed by atoms with Crippen LogP contribution >= 0.6 is 0 Å². The zero-order valence-corrected chi connectivity index (χ0v) is 20.5. The summed E-state index contributed by atoms with van der Waals surface area (Å²) in [6.45, 7) is 12.4. The fourth-order valence-corrected chi connectivity index (χ4v) is 5.42. The van der Waals surface area contributed by atoms with Crippen LogP contribution < -0.4 is 0 Å². The van der Waals surface area contributed by atoms with E-state index in [1.807, 2.05) is 41.5 Å². The number of hydrogen-bond donors (Lipinski definition) is 1. The number of carbonyl (C=O) groups is 2. The van der Waals surface area contributed by atoms with Crippen molar-refractivity contribution >= 4 is 11.9 Å². The Labute approximate surface area is 186 Å². The Morgan fingerprint density at radius 2 is 1.48 bits per heavy atom. The quantitative estimate of drug-likeness (QED) is 0.383. The second kappa shape index (κ2) is 8.61. The van der Waals surface area contributed by atoms with E-state index in [0.29, 0.717) is 25.9 Å². The molecule has 0 aromatic carbocycles. The molecule has 1 N–H and O–H groups in total. The van der Waals surface area contributed by atoms with E-state index in [-0.39, 0.29) is 52.0 Å². The predicted molar refractivity (Wildman–Crippen MR) is 118 cm³/mol. The minimum Gasteiger partial charge on any atom is -0.633 e. The molecule has 2 heterocycles. The fourth-order valence-electron chi connectivity index (χ4n) is 5.42. The van der Waals surface area contributed by atoms with Crippen LogP contribution in [0.25, 0.3) is 0 Å². The molecule has 2 fully saturated rings. The largest absolute Gasteiger partial charge is 0.633 e. The minimum atomic E-state index is -0.948. The summed E-state index contributed by atoms with van der Waals surface area (Å²) in [5.41, 5.74) is -1.19. The van der Waals surface area contributed by atoms with Crippen molar-refractivity contribution in [2.75, 3.05) is 27.2 Å². The first-order valence-corrected chi connectivity index (χ1v) is 11.5. The molecular formula is C23H42N2O6. The van der Waals surface area contributed by atoms with E-state index < -0.39 is 23.0 Å². The molecule has 2 rings (SSSR count). The number of esters is 1. The highest BCUT2D eigenvalue weighted by molar-refractivity contribution is 5.74. The lowest BCUT2D eigenvalue weighted by Gasteiger charge is -2.60. The van der Waals surface area contributed by atoms with Gasteiger partial charge in [-0.3, -0.25) is 9.59 Å². The zero-order chi connectivity index (χ0) is 24.0. The van der Waals surface area contributed by atoms with Gasteiger partial charge in [-0.2, -0.15) is 0 Å². The second-order valence-electron chi connectivity index (χ2n) is 11.3. The average molecular weight is 443 g/mol. The third kappa shape index (κ3) is 4.77. The molecule has 8 nitrogen and oxygen atoms in total.